The molecular formula is C12H20N4O3S. The summed E-state index contributed by atoms with van der Waals surface area (Å²) in [5.74, 6) is 0.845. The van der Waals surface area contributed by atoms with E-state index in [4.69, 9.17) is 10.8 Å². The maximum Gasteiger partial charge on any atom is 0.294 e. The van der Waals surface area contributed by atoms with Crippen molar-refractivity contribution in [3.05, 3.63) is 22.2 Å². The van der Waals surface area contributed by atoms with Gasteiger partial charge in [0, 0.05) is 29.8 Å². The number of nitrogens with two attached hydrogens (primary N) is 1. The molecule has 4 N–H and O–H groups in total. The molecule has 7 nitrogen and oxygen atoms in total. The average Bonchev–Trinajstić information content (AvgIpc) is 2.36. The topological polar surface area (TPSA) is 105 Å². The summed E-state index contributed by atoms with van der Waals surface area (Å²) in [7, 11) is 3.96. The van der Waals surface area contributed by atoms with Crippen LogP contribution < -0.4 is 11.1 Å². The Morgan fingerprint density at radius 2 is 2.20 bits per heavy atom. The zero-order valence-corrected chi connectivity index (χ0v) is 12.4. The highest BCUT2D eigenvalue weighted by Crippen LogP contribution is 2.35. The lowest BCUT2D eigenvalue weighted by atomic mass is 10.2. The Bertz CT molecular complexity index is 468. The number of benzene rings is 1. The van der Waals surface area contributed by atoms with Crippen LogP contribution in [0.25, 0.3) is 0 Å². The van der Waals surface area contributed by atoms with Gasteiger partial charge in [-0.05, 0) is 20.2 Å². The molecule has 112 valence electrons. The van der Waals surface area contributed by atoms with E-state index in [2.05, 4.69) is 10.2 Å². The van der Waals surface area contributed by atoms with Gasteiger partial charge in [-0.1, -0.05) is 0 Å². The molecule has 0 amide bonds. The van der Waals surface area contributed by atoms with Crippen LogP contribution in [0.1, 0.15) is 0 Å². The highest BCUT2D eigenvalue weighted by atomic mass is 32.2. The number of thioether (sulfide) groups is 1. The van der Waals surface area contributed by atoms with E-state index in [1.165, 1.54) is 6.07 Å². The molecule has 1 rings (SSSR count). The summed E-state index contributed by atoms with van der Waals surface area (Å²) in [5.41, 5.74) is 6.36. The average molecular weight is 300 g/mol. The zero-order chi connectivity index (χ0) is 15.1. The predicted octanol–water partition coefficient (Wildman–Crippen LogP) is 1.23. The minimum absolute atomic E-state index is 0.0417. The fourth-order valence-electron chi connectivity index (χ4n) is 1.53. The molecule has 8 heteroatoms. The first-order valence-corrected chi connectivity index (χ1v) is 7.14. The van der Waals surface area contributed by atoms with E-state index in [0.29, 0.717) is 12.2 Å². The van der Waals surface area contributed by atoms with Gasteiger partial charge in [-0.15, -0.1) is 11.8 Å². The van der Waals surface area contributed by atoms with Crippen molar-refractivity contribution in [1.29, 1.82) is 0 Å². The van der Waals surface area contributed by atoms with Gasteiger partial charge in [-0.2, -0.15) is 0 Å². The molecular weight excluding hydrogens is 280 g/mol. The molecule has 0 saturated heterocycles. The largest absolute Gasteiger partial charge is 0.395 e. The van der Waals surface area contributed by atoms with Crippen molar-refractivity contribution in [2.24, 2.45) is 0 Å². The van der Waals surface area contributed by atoms with Gasteiger partial charge in [0.05, 0.1) is 17.2 Å². The van der Waals surface area contributed by atoms with Crippen LogP contribution in [-0.4, -0.2) is 54.5 Å². The maximum atomic E-state index is 10.9. The number of nitro groups is 1. The second kappa shape index (κ2) is 7.93. The van der Waals surface area contributed by atoms with Crippen molar-refractivity contribution in [3.8, 4) is 0 Å². The lowest BCUT2D eigenvalue weighted by Gasteiger charge is -2.13. The third-order valence-corrected chi connectivity index (χ3v) is 3.58. The Kier molecular flexibility index (Phi) is 6.56. The van der Waals surface area contributed by atoms with Crippen molar-refractivity contribution in [2.75, 3.05) is 50.6 Å². The van der Waals surface area contributed by atoms with E-state index in [0.717, 1.165) is 17.2 Å². The van der Waals surface area contributed by atoms with Gasteiger partial charge in [-0.25, -0.2) is 0 Å². The predicted molar refractivity (Wildman–Crippen MR) is 82.4 cm³/mol. The zero-order valence-electron chi connectivity index (χ0n) is 11.6. The number of rotatable bonds is 8. The van der Waals surface area contributed by atoms with Gasteiger partial charge < -0.3 is 21.1 Å². The van der Waals surface area contributed by atoms with E-state index in [-0.39, 0.29) is 18.0 Å². The summed E-state index contributed by atoms with van der Waals surface area (Å²) in [5, 5.41) is 22.7. The quantitative estimate of drug-likeness (QED) is 0.287. The number of hydrogen-bond donors (Lipinski definition) is 3. The first kappa shape index (κ1) is 16.5. The van der Waals surface area contributed by atoms with Crippen LogP contribution in [0.15, 0.2) is 17.0 Å². The molecule has 0 unspecified atom stereocenters. The Balaban J connectivity index is 2.94. The summed E-state index contributed by atoms with van der Waals surface area (Å²) in [6.45, 7) is 1.18. The highest BCUT2D eigenvalue weighted by Gasteiger charge is 2.16. The summed E-state index contributed by atoms with van der Waals surface area (Å²) in [6.07, 6.45) is 0. The van der Waals surface area contributed by atoms with Gasteiger partial charge in [0.1, 0.15) is 5.69 Å². The van der Waals surface area contributed by atoms with Crippen molar-refractivity contribution in [1.82, 2.24) is 4.90 Å². The molecule has 0 heterocycles. The van der Waals surface area contributed by atoms with E-state index >= 15 is 0 Å². The van der Waals surface area contributed by atoms with Crippen LogP contribution in [-0.2, 0) is 0 Å². The molecule has 0 spiro atoms. The standard InChI is InChI=1S/C12H20N4O3S/c1-15(2)4-6-20-12-7-9(13)11(16(18)19)8-10(12)14-3-5-17/h7-8,14,17H,3-6,13H2,1-2H3. The van der Waals surface area contributed by atoms with Gasteiger partial charge in [0.2, 0.25) is 0 Å². The fraction of sp³-hybridized carbons (Fsp3) is 0.500. The van der Waals surface area contributed by atoms with Crippen molar-refractivity contribution < 1.29 is 10.0 Å². The SMILES string of the molecule is CN(C)CCSc1cc(N)c([N+](=O)[O-])cc1NCCO. The van der Waals surface area contributed by atoms with Gasteiger partial charge >= 0.3 is 0 Å². The maximum absolute atomic E-state index is 10.9. The Morgan fingerprint density at radius 3 is 2.75 bits per heavy atom. The Hall–Kier alpha value is -1.51. The Labute approximate surface area is 122 Å². The van der Waals surface area contributed by atoms with Gasteiger partial charge in [-0.3, -0.25) is 10.1 Å². The van der Waals surface area contributed by atoms with E-state index in [9.17, 15) is 10.1 Å². The summed E-state index contributed by atoms with van der Waals surface area (Å²) >= 11 is 1.57. The summed E-state index contributed by atoms with van der Waals surface area (Å²) < 4.78 is 0. The molecule has 0 saturated carbocycles. The van der Waals surface area contributed by atoms with Crippen LogP contribution in [0.4, 0.5) is 17.1 Å². The molecule has 1 aromatic rings. The number of nitro benzene ring substituents is 1. The number of aliphatic hydroxyl groups is 1. The van der Waals surface area contributed by atoms with Crippen LogP contribution in [0.5, 0.6) is 0 Å². The van der Waals surface area contributed by atoms with Crippen LogP contribution in [0.2, 0.25) is 0 Å². The smallest absolute Gasteiger partial charge is 0.294 e. The summed E-state index contributed by atoms with van der Waals surface area (Å²) in [4.78, 5) is 13.3. The first-order valence-electron chi connectivity index (χ1n) is 6.16. The first-order chi connectivity index (χ1) is 9.45. The lowest BCUT2D eigenvalue weighted by molar-refractivity contribution is -0.383. The molecule has 1 aromatic carbocycles. The molecule has 0 bridgehead atoms. The highest BCUT2D eigenvalue weighted by molar-refractivity contribution is 7.99. The van der Waals surface area contributed by atoms with Crippen LogP contribution >= 0.6 is 11.8 Å². The molecule has 0 aliphatic carbocycles. The van der Waals surface area contributed by atoms with Gasteiger partial charge in [0.15, 0.2) is 0 Å². The van der Waals surface area contributed by atoms with E-state index in [1.54, 1.807) is 17.8 Å². The molecule has 20 heavy (non-hydrogen) atoms. The molecule has 0 aromatic heterocycles. The normalized spacial score (nSPS) is 10.8. The summed E-state index contributed by atoms with van der Waals surface area (Å²) in [6, 6.07) is 3.03. The third kappa shape index (κ3) is 4.87. The molecule has 0 fully saturated rings. The van der Waals surface area contributed by atoms with Crippen LogP contribution in [0.3, 0.4) is 0 Å². The van der Waals surface area contributed by atoms with Crippen molar-refractivity contribution >= 4 is 28.8 Å². The van der Waals surface area contributed by atoms with Gasteiger partial charge in [0.25, 0.3) is 5.69 Å². The fourth-order valence-corrected chi connectivity index (χ4v) is 2.70. The van der Waals surface area contributed by atoms with Crippen molar-refractivity contribution in [3.63, 3.8) is 0 Å². The lowest BCUT2D eigenvalue weighted by Crippen LogP contribution is -2.15. The Morgan fingerprint density at radius 1 is 1.50 bits per heavy atom. The van der Waals surface area contributed by atoms with E-state index in [1.807, 2.05) is 14.1 Å². The number of aliphatic hydroxyl groups excluding tert-OH is 1. The van der Waals surface area contributed by atoms with Crippen molar-refractivity contribution in [2.45, 2.75) is 4.90 Å². The monoisotopic (exact) mass is 300 g/mol. The van der Waals surface area contributed by atoms with Crippen LogP contribution in [0, 0.1) is 10.1 Å². The minimum Gasteiger partial charge on any atom is -0.395 e. The second-order valence-corrected chi connectivity index (χ2v) is 5.60. The number of anilines is 2. The molecule has 0 aliphatic heterocycles. The third-order valence-electron chi connectivity index (χ3n) is 2.55. The number of nitrogens with zero attached hydrogens (tertiary/aromatic N) is 2. The molecule has 0 atom stereocenters. The number of nitrogen functional groups attached to an aromatic ring is 1. The van der Waals surface area contributed by atoms with E-state index < -0.39 is 4.92 Å². The second-order valence-electron chi connectivity index (χ2n) is 4.47. The molecule has 0 radical (unpaired) electrons. The number of nitrogens with one attached hydrogen (secondary N) is 1. The molecule has 0 aliphatic rings. The number of hydrogen-bond acceptors (Lipinski definition) is 7. The minimum atomic E-state index is -0.506.